The molecule has 0 spiro atoms. The van der Waals surface area contributed by atoms with Crippen LogP contribution in [0.3, 0.4) is 0 Å². The van der Waals surface area contributed by atoms with Crippen LogP contribution >= 0.6 is 0 Å². The summed E-state index contributed by atoms with van der Waals surface area (Å²) in [5.41, 5.74) is 0. The minimum atomic E-state index is -0.300. The second kappa shape index (κ2) is 11.2. The smallest absolute Gasteiger partial charge is 0.308 e. The van der Waals surface area contributed by atoms with Crippen molar-refractivity contribution in [1.82, 2.24) is 0 Å². The Morgan fingerprint density at radius 3 is 2.47 bits per heavy atom. The molecule has 0 amide bonds. The van der Waals surface area contributed by atoms with Crippen molar-refractivity contribution in [1.29, 1.82) is 0 Å². The quantitative estimate of drug-likeness (QED) is 0.321. The maximum Gasteiger partial charge on any atom is 0.308 e. The first-order chi connectivity index (χ1) is 7.31. The Hall–Kier alpha value is -0.910. The summed E-state index contributed by atoms with van der Waals surface area (Å²) >= 11 is 0. The van der Waals surface area contributed by atoms with Crippen molar-refractivity contribution in [2.24, 2.45) is 0 Å². The Labute approximate surface area is 89.6 Å². The molecule has 0 radical (unpaired) electrons. The Morgan fingerprint density at radius 2 is 1.87 bits per heavy atom. The maximum atomic E-state index is 10.9. The van der Waals surface area contributed by atoms with Crippen LogP contribution in [0, 0.1) is 0 Å². The van der Waals surface area contributed by atoms with E-state index in [1.54, 1.807) is 0 Å². The molecule has 5 nitrogen and oxygen atoms in total. The molecule has 0 bridgehead atoms. The summed E-state index contributed by atoms with van der Waals surface area (Å²) in [6.07, 6.45) is 1.75. The van der Waals surface area contributed by atoms with Crippen molar-refractivity contribution in [2.45, 2.75) is 6.42 Å². The summed E-state index contributed by atoms with van der Waals surface area (Å²) in [4.78, 5) is 10.9. The summed E-state index contributed by atoms with van der Waals surface area (Å²) < 4.78 is 14.8. The molecule has 0 atom stereocenters. The van der Waals surface area contributed by atoms with Crippen molar-refractivity contribution in [3.8, 4) is 0 Å². The van der Waals surface area contributed by atoms with E-state index in [0.29, 0.717) is 26.4 Å². The van der Waals surface area contributed by atoms with E-state index in [1.807, 2.05) is 0 Å². The van der Waals surface area contributed by atoms with Crippen LogP contribution in [-0.2, 0) is 19.0 Å². The highest BCUT2D eigenvalue weighted by atomic mass is 16.5. The van der Waals surface area contributed by atoms with E-state index >= 15 is 0 Å². The van der Waals surface area contributed by atoms with Gasteiger partial charge in [-0.2, -0.15) is 0 Å². The van der Waals surface area contributed by atoms with Crippen molar-refractivity contribution < 1.29 is 24.1 Å². The average Bonchev–Trinajstić information content (AvgIpc) is 2.25. The molecule has 0 aromatic heterocycles. The first-order valence-electron chi connectivity index (χ1n) is 4.84. The number of hydrogen-bond donors (Lipinski definition) is 1. The fourth-order valence-electron chi connectivity index (χ4n) is 0.766. The van der Waals surface area contributed by atoms with Crippen molar-refractivity contribution in [2.75, 3.05) is 39.6 Å². The third-order valence-electron chi connectivity index (χ3n) is 1.42. The normalized spacial score (nSPS) is 9.93. The molecule has 15 heavy (non-hydrogen) atoms. The topological polar surface area (TPSA) is 65.0 Å². The van der Waals surface area contributed by atoms with Crippen LogP contribution in [0.25, 0.3) is 0 Å². The number of aliphatic hydroxyl groups is 1. The number of esters is 1. The molecule has 5 heteroatoms. The molecule has 0 heterocycles. The predicted molar refractivity (Wildman–Crippen MR) is 54.5 cm³/mol. The Kier molecular flexibility index (Phi) is 10.5. The van der Waals surface area contributed by atoms with Gasteiger partial charge in [0.1, 0.15) is 6.61 Å². The lowest BCUT2D eigenvalue weighted by Crippen LogP contribution is -2.11. The molecular weight excluding hydrogens is 200 g/mol. The largest absolute Gasteiger partial charge is 0.461 e. The fraction of sp³-hybridized carbons (Fsp3) is 0.700. The van der Waals surface area contributed by atoms with E-state index in [2.05, 4.69) is 6.58 Å². The van der Waals surface area contributed by atoms with E-state index < -0.39 is 0 Å². The van der Waals surface area contributed by atoms with E-state index in [-0.39, 0.29) is 25.6 Å². The van der Waals surface area contributed by atoms with Gasteiger partial charge in [-0.3, -0.25) is 4.79 Å². The second-order valence-electron chi connectivity index (χ2n) is 2.67. The zero-order chi connectivity index (χ0) is 11.4. The van der Waals surface area contributed by atoms with Gasteiger partial charge in [0, 0.05) is 0 Å². The van der Waals surface area contributed by atoms with E-state index in [4.69, 9.17) is 19.3 Å². The molecule has 0 fully saturated rings. The highest BCUT2D eigenvalue weighted by molar-refractivity contribution is 5.69. The fourth-order valence-corrected chi connectivity index (χ4v) is 0.766. The van der Waals surface area contributed by atoms with Crippen LogP contribution < -0.4 is 0 Å². The average molecular weight is 218 g/mol. The predicted octanol–water partition coefficient (Wildman–Crippen LogP) is 0.131. The molecule has 0 aliphatic rings. The Morgan fingerprint density at radius 1 is 1.20 bits per heavy atom. The van der Waals surface area contributed by atoms with Crippen molar-refractivity contribution in [3.05, 3.63) is 12.7 Å². The third kappa shape index (κ3) is 11.0. The van der Waals surface area contributed by atoms with Crippen LogP contribution in [0.2, 0.25) is 0 Å². The van der Waals surface area contributed by atoms with Crippen molar-refractivity contribution >= 4 is 5.97 Å². The minimum Gasteiger partial charge on any atom is -0.461 e. The number of hydrogen-bond acceptors (Lipinski definition) is 5. The zero-order valence-corrected chi connectivity index (χ0v) is 8.81. The third-order valence-corrected chi connectivity index (χ3v) is 1.42. The standard InChI is InChI=1S/C10H18O5/c1-2-5-15-10(12)3-6-13-8-9-14-7-4-11/h2,11H,1,3-9H2. The first kappa shape index (κ1) is 14.1. The number of carbonyl (C=O) groups is 1. The minimum absolute atomic E-state index is 0.00782. The van der Waals surface area contributed by atoms with Gasteiger partial charge < -0.3 is 19.3 Å². The SMILES string of the molecule is C=CCOC(=O)CCOCCOCCO. The summed E-state index contributed by atoms with van der Waals surface area (Å²) in [5.74, 6) is -0.300. The van der Waals surface area contributed by atoms with Crippen LogP contribution in [0.4, 0.5) is 0 Å². The van der Waals surface area contributed by atoms with Crippen LogP contribution in [0.1, 0.15) is 6.42 Å². The lowest BCUT2D eigenvalue weighted by molar-refractivity contribution is -0.143. The van der Waals surface area contributed by atoms with Crippen LogP contribution in [0.5, 0.6) is 0 Å². The monoisotopic (exact) mass is 218 g/mol. The number of rotatable bonds is 10. The molecule has 0 aliphatic heterocycles. The van der Waals surface area contributed by atoms with Gasteiger partial charge in [0.2, 0.25) is 0 Å². The molecule has 0 aromatic carbocycles. The van der Waals surface area contributed by atoms with Gasteiger partial charge in [0.15, 0.2) is 0 Å². The lowest BCUT2D eigenvalue weighted by Gasteiger charge is -2.04. The molecule has 0 unspecified atom stereocenters. The summed E-state index contributed by atoms with van der Waals surface area (Å²) in [6, 6.07) is 0. The van der Waals surface area contributed by atoms with Gasteiger partial charge in [0.05, 0.1) is 39.5 Å². The van der Waals surface area contributed by atoms with Crippen LogP contribution in [-0.4, -0.2) is 50.7 Å². The first-order valence-corrected chi connectivity index (χ1v) is 4.84. The van der Waals surface area contributed by atoms with E-state index in [9.17, 15) is 4.79 Å². The van der Waals surface area contributed by atoms with E-state index in [1.165, 1.54) is 6.08 Å². The van der Waals surface area contributed by atoms with Gasteiger partial charge in [0.25, 0.3) is 0 Å². The van der Waals surface area contributed by atoms with Gasteiger partial charge >= 0.3 is 5.97 Å². The summed E-state index contributed by atoms with van der Waals surface area (Å²) in [7, 11) is 0. The molecule has 0 rings (SSSR count). The zero-order valence-electron chi connectivity index (χ0n) is 8.81. The second-order valence-corrected chi connectivity index (χ2v) is 2.67. The maximum absolute atomic E-state index is 10.9. The molecule has 88 valence electrons. The molecule has 0 aromatic rings. The molecule has 1 N–H and O–H groups in total. The highest BCUT2D eigenvalue weighted by Crippen LogP contribution is 1.88. The number of ether oxygens (including phenoxy) is 3. The molecule has 0 saturated heterocycles. The molecule has 0 saturated carbocycles. The van der Waals surface area contributed by atoms with Crippen molar-refractivity contribution in [3.63, 3.8) is 0 Å². The van der Waals surface area contributed by atoms with Gasteiger partial charge in [-0.05, 0) is 0 Å². The Bertz CT molecular complexity index is 169. The van der Waals surface area contributed by atoms with Crippen LogP contribution in [0.15, 0.2) is 12.7 Å². The summed E-state index contributed by atoms with van der Waals surface area (Å²) in [5, 5.41) is 8.39. The molecular formula is C10H18O5. The lowest BCUT2D eigenvalue weighted by atomic mass is 10.5. The van der Waals surface area contributed by atoms with E-state index in [0.717, 1.165) is 0 Å². The highest BCUT2D eigenvalue weighted by Gasteiger charge is 2.00. The summed E-state index contributed by atoms with van der Waals surface area (Å²) in [6.45, 7) is 5.13. The van der Waals surface area contributed by atoms with Gasteiger partial charge in [-0.15, -0.1) is 0 Å². The van der Waals surface area contributed by atoms with Gasteiger partial charge in [-0.25, -0.2) is 0 Å². The Balaban J connectivity index is 3.09. The number of carbonyl (C=O) groups excluding carboxylic acids is 1. The van der Waals surface area contributed by atoms with Gasteiger partial charge in [-0.1, -0.05) is 12.7 Å². The molecule has 0 aliphatic carbocycles. The number of aliphatic hydroxyl groups excluding tert-OH is 1.